The number of aliphatic carboxylic acids is 1. The first-order chi connectivity index (χ1) is 9.84. The van der Waals surface area contributed by atoms with Crippen LogP contribution in [0.3, 0.4) is 0 Å². The van der Waals surface area contributed by atoms with Crippen molar-refractivity contribution in [1.29, 1.82) is 0 Å². The molecule has 0 saturated carbocycles. The molecule has 6 heteroatoms. The molecule has 1 aromatic carbocycles. The second-order valence-electron chi connectivity index (χ2n) is 5.56. The van der Waals surface area contributed by atoms with Crippen molar-refractivity contribution < 1.29 is 19.1 Å². The maximum atomic E-state index is 13.2. The summed E-state index contributed by atoms with van der Waals surface area (Å²) in [6.07, 6.45) is 1.09. The van der Waals surface area contributed by atoms with E-state index in [9.17, 15) is 19.1 Å². The molecule has 0 bridgehead atoms. The fraction of sp³-hybridized carbons (Fsp3) is 0.467. The minimum absolute atomic E-state index is 0.370. The van der Waals surface area contributed by atoms with Gasteiger partial charge in [-0.1, -0.05) is 12.1 Å². The Balaban J connectivity index is 2.09. The number of carbonyl (C=O) groups is 2. The molecule has 0 spiro atoms. The molecule has 1 aliphatic heterocycles. The summed E-state index contributed by atoms with van der Waals surface area (Å²) in [5.74, 6) is -1.38. The topological polar surface area (TPSA) is 69.6 Å². The molecular formula is C15H19FN2O3. The predicted molar refractivity (Wildman–Crippen MR) is 75.3 cm³/mol. The van der Waals surface area contributed by atoms with Crippen LogP contribution in [0.15, 0.2) is 24.3 Å². The van der Waals surface area contributed by atoms with E-state index in [1.54, 1.807) is 26.0 Å². The molecule has 1 aromatic rings. The van der Waals surface area contributed by atoms with E-state index in [1.807, 2.05) is 0 Å². The average molecular weight is 294 g/mol. The van der Waals surface area contributed by atoms with Crippen molar-refractivity contribution in [2.24, 2.45) is 0 Å². The highest BCUT2D eigenvalue weighted by Gasteiger charge is 2.46. The van der Waals surface area contributed by atoms with E-state index < -0.39 is 23.6 Å². The Morgan fingerprint density at radius 3 is 2.81 bits per heavy atom. The number of carboxylic acid groups (broad SMARTS) is 1. The second kappa shape index (κ2) is 5.71. The van der Waals surface area contributed by atoms with Crippen molar-refractivity contribution in [2.45, 2.75) is 38.3 Å². The Morgan fingerprint density at radius 2 is 2.19 bits per heavy atom. The lowest BCUT2D eigenvalue weighted by atomic mass is 9.99. The zero-order chi connectivity index (χ0) is 15.6. The van der Waals surface area contributed by atoms with Crippen LogP contribution >= 0.6 is 0 Å². The minimum atomic E-state index is -1.17. The molecule has 1 heterocycles. The van der Waals surface area contributed by atoms with Crippen LogP contribution in [0, 0.1) is 5.82 Å². The minimum Gasteiger partial charge on any atom is -0.480 e. The van der Waals surface area contributed by atoms with E-state index in [2.05, 4.69) is 5.32 Å². The molecule has 2 N–H and O–H groups in total. The first kappa shape index (κ1) is 15.3. The Kier molecular flexibility index (Phi) is 4.16. The third kappa shape index (κ3) is 2.99. The number of nitrogens with one attached hydrogen (secondary N) is 1. The summed E-state index contributed by atoms with van der Waals surface area (Å²) in [6, 6.07) is 5.14. The van der Waals surface area contributed by atoms with Crippen LogP contribution < -0.4 is 5.32 Å². The number of hydrogen-bond donors (Lipinski definition) is 2. The van der Waals surface area contributed by atoms with Gasteiger partial charge in [-0.15, -0.1) is 0 Å². The Morgan fingerprint density at radius 1 is 1.48 bits per heavy atom. The molecule has 0 aliphatic carbocycles. The smallest absolute Gasteiger partial charge is 0.329 e. The van der Waals surface area contributed by atoms with Gasteiger partial charge >= 0.3 is 12.0 Å². The lowest BCUT2D eigenvalue weighted by Crippen LogP contribution is -2.54. The number of halogens is 1. The van der Waals surface area contributed by atoms with Crippen LogP contribution in [0.5, 0.6) is 0 Å². The Bertz CT molecular complexity index is 564. The van der Waals surface area contributed by atoms with Crippen molar-refractivity contribution in [3.05, 3.63) is 35.6 Å². The maximum Gasteiger partial charge on any atom is 0.329 e. The van der Waals surface area contributed by atoms with Crippen LogP contribution in [0.1, 0.15) is 38.3 Å². The maximum absolute atomic E-state index is 13.2. The molecule has 0 aromatic heterocycles. The summed E-state index contributed by atoms with van der Waals surface area (Å²) in [7, 11) is 0. The van der Waals surface area contributed by atoms with Crippen LogP contribution in [-0.2, 0) is 4.79 Å². The number of benzene rings is 1. The number of carbonyl (C=O) groups excluding carboxylic acids is 1. The van der Waals surface area contributed by atoms with Gasteiger partial charge in [0, 0.05) is 6.54 Å². The van der Waals surface area contributed by atoms with Crippen LogP contribution in [0.25, 0.3) is 0 Å². The van der Waals surface area contributed by atoms with E-state index >= 15 is 0 Å². The highest BCUT2D eigenvalue weighted by atomic mass is 19.1. The molecule has 2 atom stereocenters. The molecule has 2 unspecified atom stereocenters. The van der Waals surface area contributed by atoms with Gasteiger partial charge in [-0.25, -0.2) is 14.0 Å². The number of hydrogen-bond acceptors (Lipinski definition) is 2. The van der Waals surface area contributed by atoms with Crippen molar-refractivity contribution in [2.75, 3.05) is 6.54 Å². The van der Waals surface area contributed by atoms with Gasteiger partial charge in [-0.05, 0) is 44.4 Å². The predicted octanol–water partition coefficient (Wildman–Crippen LogP) is 2.54. The van der Waals surface area contributed by atoms with Crippen LogP contribution in [0.4, 0.5) is 9.18 Å². The van der Waals surface area contributed by atoms with Gasteiger partial charge in [-0.3, -0.25) is 0 Å². The quantitative estimate of drug-likeness (QED) is 0.900. The van der Waals surface area contributed by atoms with Crippen LogP contribution in [0.2, 0.25) is 0 Å². The third-order valence-corrected chi connectivity index (χ3v) is 4.04. The third-order valence-electron chi connectivity index (χ3n) is 4.04. The van der Waals surface area contributed by atoms with E-state index in [-0.39, 0.29) is 5.82 Å². The van der Waals surface area contributed by atoms with E-state index in [0.717, 1.165) is 0 Å². The van der Waals surface area contributed by atoms with E-state index in [1.165, 1.54) is 17.0 Å². The molecule has 1 fully saturated rings. The average Bonchev–Trinajstić information content (AvgIpc) is 2.82. The van der Waals surface area contributed by atoms with Crippen molar-refractivity contribution in [3.63, 3.8) is 0 Å². The Hall–Kier alpha value is -2.11. The van der Waals surface area contributed by atoms with Crippen molar-refractivity contribution >= 4 is 12.0 Å². The van der Waals surface area contributed by atoms with Gasteiger partial charge in [0.2, 0.25) is 0 Å². The van der Waals surface area contributed by atoms with Crippen LogP contribution in [-0.4, -0.2) is 34.1 Å². The fourth-order valence-electron chi connectivity index (χ4n) is 2.63. The summed E-state index contributed by atoms with van der Waals surface area (Å²) >= 11 is 0. The summed E-state index contributed by atoms with van der Waals surface area (Å²) < 4.78 is 13.2. The lowest BCUT2D eigenvalue weighted by molar-refractivity contribution is -0.147. The molecule has 1 aliphatic rings. The lowest BCUT2D eigenvalue weighted by Gasteiger charge is -2.32. The molecule has 114 valence electrons. The second-order valence-corrected chi connectivity index (χ2v) is 5.56. The number of urea groups is 1. The molecule has 1 saturated heterocycles. The first-order valence-corrected chi connectivity index (χ1v) is 6.91. The van der Waals surface area contributed by atoms with E-state index in [4.69, 9.17) is 0 Å². The number of nitrogens with zero attached hydrogens (tertiary/aromatic N) is 1. The number of amides is 2. The van der Waals surface area contributed by atoms with Gasteiger partial charge in [0.15, 0.2) is 0 Å². The molecule has 0 radical (unpaired) electrons. The molecule has 2 amide bonds. The van der Waals surface area contributed by atoms with Gasteiger partial charge in [0.1, 0.15) is 11.4 Å². The summed E-state index contributed by atoms with van der Waals surface area (Å²) in [5.41, 5.74) is -0.536. The molecule has 5 nitrogen and oxygen atoms in total. The normalized spacial score (nSPS) is 22.9. The molecule has 2 rings (SSSR count). The number of likely N-dealkylation sites (tertiary alicyclic amines) is 1. The summed E-state index contributed by atoms with van der Waals surface area (Å²) in [4.78, 5) is 25.0. The number of rotatable bonds is 3. The van der Waals surface area contributed by atoms with Gasteiger partial charge in [0.05, 0.1) is 6.04 Å². The highest BCUT2D eigenvalue weighted by Crippen LogP contribution is 2.29. The Labute approximate surface area is 122 Å². The van der Waals surface area contributed by atoms with Crippen molar-refractivity contribution in [1.82, 2.24) is 10.2 Å². The largest absolute Gasteiger partial charge is 0.480 e. The van der Waals surface area contributed by atoms with E-state index in [0.29, 0.717) is 24.9 Å². The van der Waals surface area contributed by atoms with Gasteiger partial charge in [-0.2, -0.15) is 0 Å². The highest BCUT2D eigenvalue weighted by molar-refractivity contribution is 5.86. The van der Waals surface area contributed by atoms with Crippen molar-refractivity contribution in [3.8, 4) is 0 Å². The summed E-state index contributed by atoms with van der Waals surface area (Å²) in [5, 5.41) is 12.0. The fourth-order valence-corrected chi connectivity index (χ4v) is 2.63. The SMILES string of the molecule is CC(NC(=O)N1CCCC1(C)C(=O)O)c1cccc(F)c1. The van der Waals surface area contributed by atoms with Gasteiger partial charge < -0.3 is 15.3 Å². The zero-order valence-electron chi connectivity index (χ0n) is 12.1. The molecule has 21 heavy (non-hydrogen) atoms. The number of carboxylic acids is 1. The van der Waals surface area contributed by atoms with Gasteiger partial charge in [0.25, 0.3) is 0 Å². The standard InChI is InChI=1S/C15H19FN2O3/c1-10(11-5-3-6-12(16)9-11)17-14(21)18-8-4-7-15(18,2)13(19)20/h3,5-6,9-10H,4,7-8H2,1-2H3,(H,17,21)(H,19,20). The first-order valence-electron chi connectivity index (χ1n) is 6.91. The summed E-state index contributed by atoms with van der Waals surface area (Å²) in [6.45, 7) is 3.69. The molecular weight excluding hydrogens is 275 g/mol. The zero-order valence-corrected chi connectivity index (χ0v) is 12.1. The monoisotopic (exact) mass is 294 g/mol.